The van der Waals surface area contributed by atoms with Crippen LogP contribution in [0.4, 0.5) is 0 Å². The Morgan fingerprint density at radius 2 is 2.30 bits per heavy atom. The average Bonchev–Trinajstić information content (AvgIpc) is 1.85. The third-order valence-electron chi connectivity index (χ3n) is 1.21. The molecule has 0 aliphatic heterocycles. The Balaban J connectivity index is 3.21. The van der Waals surface area contributed by atoms with Crippen LogP contribution in [0.3, 0.4) is 0 Å². The Labute approximate surface area is 67.8 Å². The maximum absolute atomic E-state index is 10.4. The number of nitrogens with one attached hydrogen (secondary N) is 1. The Morgan fingerprint density at radius 3 is 2.70 bits per heavy atom. The number of carbonyl (C=O) groups is 1. The van der Waals surface area contributed by atoms with Gasteiger partial charge in [-0.15, -0.1) is 0 Å². The van der Waals surface area contributed by atoms with Gasteiger partial charge in [-0.1, -0.05) is 13.3 Å². The van der Waals surface area contributed by atoms with Crippen LogP contribution in [0.15, 0.2) is 0 Å². The molecule has 0 rings (SSSR count). The summed E-state index contributed by atoms with van der Waals surface area (Å²) >= 11 is 4.27. The molecular formula is C7H15NOS. The van der Waals surface area contributed by atoms with Crippen molar-refractivity contribution >= 4 is 18.5 Å². The molecule has 60 valence electrons. The van der Waals surface area contributed by atoms with E-state index in [-0.39, 0.29) is 5.91 Å². The maximum atomic E-state index is 10.4. The zero-order valence-electron chi connectivity index (χ0n) is 6.55. The predicted molar refractivity (Wildman–Crippen MR) is 46.4 cm³/mol. The summed E-state index contributed by atoms with van der Waals surface area (Å²) in [4.78, 5) is 10.4. The highest BCUT2D eigenvalue weighted by atomic mass is 32.1. The molecule has 10 heavy (non-hydrogen) atoms. The van der Waals surface area contributed by atoms with E-state index in [1.807, 2.05) is 0 Å². The van der Waals surface area contributed by atoms with E-state index in [4.69, 9.17) is 0 Å². The third kappa shape index (κ3) is 5.95. The fourth-order valence-corrected chi connectivity index (χ4v) is 1.05. The van der Waals surface area contributed by atoms with Gasteiger partial charge in [0.05, 0.1) is 0 Å². The zero-order valence-corrected chi connectivity index (χ0v) is 7.45. The molecule has 0 aliphatic carbocycles. The van der Waals surface area contributed by atoms with E-state index in [1.54, 1.807) is 0 Å². The van der Waals surface area contributed by atoms with E-state index >= 15 is 0 Å². The number of rotatable bonds is 4. The lowest BCUT2D eigenvalue weighted by Crippen LogP contribution is -2.27. The lowest BCUT2D eigenvalue weighted by molar-refractivity contribution is -0.118. The molecule has 0 aromatic carbocycles. The lowest BCUT2D eigenvalue weighted by Gasteiger charge is -2.08. The molecule has 0 saturated heterocycles. The summed E-state index contributed by atoms with van der Waals surface area (Å²) in [5.74, 6) is 0.0233. The van der Waals surface area contributed by atoms with Crippen molar-refractivity contribution in [2.24, 2.45) is 0 Å². The maximum Gasteiger partial charge on any atom is 0.216 e. The van der Waals surface area contributed by atoms with Crippen LogP contribution in [0.5, 0.6) is 0 Å². The van der Waals surface area contributed by atoms with Gasteiger partial charge in [0.2, 0.25) is 5.91 Å². The first-order valence-corrected chi connectivity index (χ1v) is 4.11. The molecule has 1 atom stereocenters. The molecule has 0 fully saturated rings. The molecule has 0 spiro atoms. The van der Waals surface area contributed by atoms with Crippen LogP contribution in [0.1, 0.15) is 26.7 Å². The summed E-state index contributed by atoms with van der Waals surface area (Å²) in [6.45, 7) is 4.32. The number of hydrogen-bond acceptors (Lipinski definition) is 2. The van der Waals surface area contributed by atoms with Crippen LogP contribution < -0.4 is 5.32 Å². The second kappa shape index (κ2) is 5.59. The SMILES string of the molecule is CCC[C@@H](S)CNC(C)=O. The minimum absolute atomic E-state index is 0.0233. The van der Waals surface area contributed by atoms with Crippen molar-refractivity contribution in [1.82, 2.24) is 5.32 Å². The number of amides is 1. The van der Waals surface area contributed by atoms with Gasteiger partial charge >= 0.3 is 0 Å². The van der Waals surface area contributed by atoms with Gasteiger partial charge in [0.15, 0.2) is 0 Å². The van der Waals surface area contributed by atoms with Gasteiger partial charge in [-0.25, -0.2) is 0 Å². The summed E-state index contributed by atoms with van der Waals surface area (Å²) in [5, 5.41) is 3.03. The molecule has 0 saturated carbocycles. The number of carbonyl (C=O) groups excluding carboxylic acids is 1. The van der Waals surface area contributed by atoms with Gasteiger partial charge in [-0.05, 0) is 6.42 Å². The van der Waals surface area contributed by atoms with Crippen molar-refractivity contribution in [1.29, 1.82) is 0 Å². The van der Waals surface area contributed by atoms with E-state index < -0.39 is 0 Å². The van der Waals surface area contributed by atoms with Crippen molar-refractivity contribution < 1.29 is 4.79 Å². The van der Waals surface area contributed by atoms with Crippen molar-refractivity contribution in [3.63, 3.8) is 0 Å². The standard InChI is InChI=1S/C7H15NOS/c1-3-4-7(10)5-8-6(2)9/h7,10H,3-5H2,1-2H3,(H,8,9)/t7-/m1/s1. The Bertz CT molecular complexity index is 106. The van der Waals surface area contributed by atoms with Gasteiger partial charge in [0.25, 0.3) is 0 Å². The summed E-state index contributed by atoms with van der Waals surface area (Å²) in [5.41, 5.74) is 0. The van der Waals surface area contributed by atoms with E-state index in [0.717, 1.165) is 12.8 Å². The Hall–Kier alpha value is -0.180. The van der Waals surface area contributed by atoms with Gasteiger partial charge in [-0.3, -0.25) is 4.79 Å². The first kappa shape index (κ1) is 9.82. The molecule has 0 bridgehead atoms. The van der Waals surface area contributed by atoms with E-state index in [2.05, 4.69) is 24.9 Å². The molecule has 1 N–H and O–H groups in total. The second-order valence-electron chi connectivity index (χ2n) is 2.38. The second-order valence-corrected chi connectivity index (χ2v) is 3.11. The van der Waals surface area contributed by atoms with Gasteiger partial charge in [0.1, 0.15) is 0 Å². The van der Waals surface area contributed by atoms with Crippen LogP contribution in [-0.4, -0.2) is 17.7 Å². The molecule has 2 nitrogen and oxygen atoms in total. The topological polar surface area (TPSA) is 29.1 Å². The van der Waals surface area contributed by atoms with Gasteiger partial charge in [0, 0.05) is 18.7 Å². The molecular weight excluding hydrogens is 146 g/mol. The van der Waals surface area contributed by atoms with Crippen molar-refractivity contribution in [3.8, 4) is 0 Å². The van der Waals surface area contributed by atoms with Crippen molar-refractivity contribution in [3.05, 3.63) is 0 Å². The highest BCUT2D eigenvalue weighted by Gasteiger charge is 2.00. The third-order valence-corrected chi connectivity index (χ3v) is 1.65. The molecule has 0 heterocycles. The highest BCUT2D eigenvalue weighted by molar-refractivity contribution is 7.81. The normalized spacial score (nSPS) is 12.7. The fourth-order valence-electron chi connectivity index (χ4n) is 0.697. The first-order valence-electron chi connectivity index (χ1n) is 3.59. The van der Waals surface area contributed by atoms with Crippen LogP contribution in [0.2, 0.25) is 0 Å². The zero-order chi connectivity index (χ0) is 7.98. The van der Waals surface area contributed by atoms with Crippen molar-refractivity contribution in [2.45, 2.75) is 31.9 Å². The van der Waals surface area contributed by atoms with Crippen LogP contribution >= 0.6 is 12.6 Å². The summed E-state index contributed by atoms with van der Waals surface area (Å²) in [7, 11) is 0. The Kier molecular flexibility index (Phi) is 5.49. The summed E-state index contributed by atoms with van der Waals surface area (Å²) < 4.78 is 0. The van der Waals surface area contributed by atoms with E-state index in [0.29, 0.717) is 11.8 Å². The largest absolute Gasteiger partial charge is 0.355 e. The molecule has 0 aromatic heterocycles. The van der Waals surface area contributed by atoms with Crippen molar-refractivity contribution in [2.75, 3.05) is 6.54 Å². The number of thiol groups is 1. The van der Waals surface area contributed by atoms with Gasteiger partial charge < -0.3 is 5.32 Å². The van der Waals surface area contributed by atoms with Crippen LogP contribution in [0, 0.1) is 0 Å². The van der Waals surface area contributed by atoms with E-state index in [9.17, 15) is 4.79 Å². The highest BCUT2D eigenvalue weighted by Crippen LogP contribution is 2.01. The minimum atomic E-state index is 0.0233. The molecule has 0 aromatic rings. The molecule has 3 heteroatoms. The Morgan fingerprint density at radius 1 is 1.70 bits per heavy atom. The first-order chi connectivity index (χ1) is 4.66. The smallest absolute Gasteiger partial charge is 0.216 e. The summed E-state index contributed by atoms with van der Waals surface area (Å²) in [6, 6.07) is 0. The summed E-state index contributed by atoms with van der Waals surface area (Å²) in [6.07, 6.45) is 2.18. The molecule has 0 unspecified atom stereocenters. The van der Waals surface area contributed by atoms with Gasteiger partial charge in [-0.2, -0.15) is 12.6 Å². The number of hydrogen-bond donors (Lipinski definition) is 2. The fraction of sp³-hybridized carbons (Fsp3) is 0.857. The van der Waals surface area contributed by atoms with Crippen LogP contribution in [0.25, 0.3) is 0 Å². The van der Waals surface area contributed by atoms with E-state index in [1.165, 1.54) is 6.92 Å². The quantitative estimate of drug-likeness (QED) is 0.596. The molecule has 0 radical (unpaired) electrons. The monoisotopic (exact) mass is 161 g/mol. The average molecular weight is 161 g/mol. The molecule has 0 aliphatic rings. The minimum Gasteiger partial charge on any atom is -0.355 e. The molecule has 1 amide bonds. The predicted octanol–water partition coefficient (Wildman–Crippen LogP) is 1.22. The lowest BCUT2D eigenvalue weighted by atomic mass is 10.2. The van der Waals surface area contributed by atoms with Crippen LogP contribution in [-0.2, 0) is 4.79 Å².